The van der Waals surface area contributed by atoms with Crippen molar-refractivity contribution in [1.29, 1.82) is 0 Å². The molecule has 1 aliphatic rings. The van der Waals surface area contributed by atoms with Crippen molar-refractivity contribution in [3.63, 3.8) is 0 Å². The van der Waals surface area contributed by atoms with E-state index >= 15 is 0 Å². The third-order valence-electron chi connectivity index (χ3n) is 4.44. The van der Waals surface area contributed by atoms with Crippen LogP contribution in [-0.4, -0.2) is 61.3 Å². The minimum atomic E-state index is -0.0869. The first-order chi connectivity index (χ1) is 12.1. The molecule has 5 heteroatoms. The van der Waals surface area contributed by atoms with E-state index in [1.165, 1.54) is 0 Å². The van der Waals surface area contributed by atoms with E-state index in [9.17, 15) is 9.59 Å². The topological polar surface area (TPSA) is 52.6 Å². The fourth-order valence-corrected chi connectivity index (χ4v) is 2.93. The van der Waals surface area contributed by atoms with Crippen molar-refractivity contribution in [3.8, 4) is 0 Å². The van der Waals surface area contributed by atoms with Crippen molar-refractivity contribution >= 4 is 17.4 Å². The first-order valence-electron chi connectivity index (χ1n) is 8.53. The van der Waals surface area contributed by atoms with Crippen molar-refractivity contribution < 1.29 is 9.59 Å². The number of carbonyl (C=O) groups is 2. The van der Waals surface area contributed by atoms with Crippen LogP contribution in [0.4, 0.5) is 5.69 Å². The molecule has 1 saturated heterocycles. The number of amides is 1. The van der Waals surface area contributed by atoms with Gasteiger partial charge in [0.2, 0.25) is 5.91 Å². The molecule has 0 atom stereocenters. The summed E-state index contributed by atoms with van der Waals surface area (Å²) in [6.07, 6.45) is 0. The van der Waals surface area contributed by atoms with Crippen LogP contribution in [0, 0.1) is 0 Å². The molecule has 1 aliphatic heterocycles. The first kappa shape index (κ1) is 17.3. The lowest BCUT2D eigenvalue weighted by Crippen LogP contribution is -2.47. The molecule has 0 unspecified atom stereocenters. The van der Waals surface area contributed by atoms with Crippen molar-refractivity contribution in [2.75, 3.05) is 45.1 Å². The number of rotatable bonds is 5. The van der Waals surface area contributed by atoms with Crippen LogP contribution in [0.3, 0.4) is 0 Å². The molecule has 5 nitrogen and oxygen atoms in total. The smallest absolute Gasteiger partial charge is 0.238 e. The molecular formula is C20H23N3O2. The molecule has 3 rings (SSSR count). The summed E-state index contributed by atoms with van der Waals surface area (Å²) in [5.74, 6) is -0.172. The van der Waals surface area contributed by atoms with E-state index in [2.05, 4.69) is 22.2 Å². The number of carbonyl (C=O) groups excluding carboxylic acids is 2. The highest BCUT2D eigenvalue weighted by Crippen LogP contribution is 2.19. The van der Waals surface area contributed by atoms with Gasteiger partial charge in [0.05, 0.1) is 12.2 Å². The molecule has 1 fully saturated rings. The summed E-state index contributed by atoms with van der Waals surface area (Å²) in [4.78, 5) is 29.5. The Kier molecular flexibility index (Phi) is 5.58. The quantitative estimate of drug-likeness (QED) is 0.849. The van der Waals surface area contributed by atoms with Gasteiger partial charge in [0.1, 0.15) is 0 Å². The highest BCUT2D eigenvalue weighted by Gasteiger charge is 2.18. The largest absolute Gasteiger partial charge is 0.324 e. The van der Waals surface area contributed by atoms with Crippen LogP contribution in [-0.2, 0) is 4.79 Å². The van der Waals surface area contributed by atoms with Crippen molar-refractivity contribution in [2.24, 2.45) is 0 Å². The van der Waals surface area contributed by atoms with Crippen LogP contribution in [0.15, 0.2) is 54.6 Å². The lowest BCUT2D eigenvalue weighted by atomic mass is 10.0. The Morgan fingerprint density at radius 3 is 2.28 bits per heavy atom. The molecule has 0 aliphatic carbocycles. The normalized spacial score (nSPS) is 15.7. The van der Waals surface area contributed by atoms with E-state index < -0.39 is 0 Å². The third-order valence-corrected chi connectivity index (χ3v) is 4.44. The average Bonchev–Trinajstić information content (AvgIpc) is 2.64. The minimum absolute atomic E-state index is 0.0853. The Hall–Kier alpha value is -2.50. The van der Waals surface area contributed by atoms with Gasteiger partial charge in [0.25, 0.3) is 0 Å². The fraction of sp³-hybridized carbons (Fsp3) is 0.300. The molecule has 0 saturated carbocycles. The van der Waals surface area contributed by atoms with Gasteiger partial charge in [-0.2, -0.15) is 0 Å². The standard InChI is InChI=1S/C20H23N3O2/c1-22-11-13-23(14-12-22)15-19(24)21-18-10-6-5-9-17(18)20(25)16-7-3-2-4-8-16/h2-10H,11-15H2,1H3,(H,21,24). The molecule has 0 radical (unpaired) electrons. The molecule has 0 bridgehead atoms. The van der Waals surface area contributed by atoms with Crippen molar-refractivity contribution in [1.82, 2.24) is 9.80 Å². The highest BCUT2D eigenvalue weighted by molar-refractivity contribution is 6.13. The molecule has 0 spiro atoms. The van der Waals surface area contributed by atoms with Crippen LogP contribution in [0.1, 0.15) is 15.9 Å². The summed E-state index contributed by atoms with van der Waals surface area (Å²) in [6.45, 7) is 4.05. The zero-order chi connectivity index (χ0) is 17.6. The second-order valence-corrected chi connectivity index (χ2v) is 6.37. The second-order valence-electron chi connectivity index (χ2n) is 6.37. The maximum Gasteiger partial charge on any atom is 0.238 e. The number of ketones is 1. The van der Waals surface area contributed by atoms with E-state index in [-0.39, 0.29) is 11.7 Å². The number of nitrogens with one attached hydrogen (secondary N) is 1. The van der Waals surface area contributed by atoms with Gasteiger partial charge < -0.3 is 10.2 Å². The van der Waals surface area contributed by atoms with E-state index in [1.54, 1.807) is 24.3 Å². The number of benzene rings is 2. The predicted octanol–water partition coefficient (Wildman–Crippen LogP) is 2.10. The van der Waals surface area contributed by atoms with Gasteiger partial charge in [-0.25, -0.2) is 0 Å². The third kappa shape index (κ3) is 4.53. The molecule has 25 heavy (non-hydrogen) atoms. The summed E-state index contributed by atoms with van der Waals surface area (Å²) in [5, 5.41) is 2.90. The maximum atomic E-state index is 12.7. The summed E-state index contributed by atoms with van der Waals surface area (Å²) >= 11 is 0. The zero-order valence-electron chi connectivity index (χ0n) is 14.4. The van der Waals surface area contributed by atoms with Crippen LogP contribution >= 0.6 is 0 Å². The zero-order valence-corrected chi connectivity index (χ0v) is 14.4. The van der Waals surface area contributed by atoms with Gasteiger partial charge in [0, 0.05) is 37.3 Å². The average molecular weight is 337 g/mol. The monoisotopic (exact) mass is 337 g/mol. The molecule has 2 aromatic carbocycles. The number of hydrogen-bond acceptors (Lipinski definition) is 4. The Morgan fingerprint density at radius 1 is 0.920 bits per heavy atom. The van der Waals surface area contributed by atoms with Crippen molar-refractivity contribution in [3.05, 3.63) is 65.7 Å². The second kappa shape index (κ2) is 8.05. The SMILES string of the molecule is CN1CCN(CC(=O)Nc2ccccc2C(=O)c2ccccc2)CC1. The van der Waals surface area contributed by atoms with Gasteiger partial charge in [-0.15, -0.1) is 0 Å². The lowest BCUT2D eigenvalue weighted by molar-refractivity contribution is -0.117. The van der Waals surface area contributed by atoms with Gasteiger partial charge >= 0.3 is 0 Å². The van der Waals surface area contributed by atoms with Crippen LogP contribution in [0.2, 0.25) is 0 Å². The fourth-order valence-electron chi connectivity index (χ4n) is 2.93. The van der Waals surface area contributed by atoms with Crippen LogP contribution in [0.5, 0.6) is 0 Å². The van der Waals surface area contributed by atoms with E-state index in [1.807, 2.05) is 30.3 Å². The number of piperazine rings is 1. The lowest BCUT2D eigenvalue weighted by Gasteiger charge is -2.31. The van der Waals surface area contributed by atoms with Crippen LogP contribution in [0.25, 0.3) is 0 Å². The Morgan fingerprint density at radius 2 is 1.56 bits per heavy atom. The van der Waals surface area contributed by atoms with Gasteiger partial charge in [-0.05, 0) is 19.2 Å². The molecule has 1 heterocycles. The number of likely N-dealkylation sites (N-methyl/N-ethyl adjacent to an activating group) is 1. The Labute approximate surface area is 148 Å². The Balaban J connectivity index is 1.68. The number of hydrogen-bond donors (Lipinski definition) is 1. The van der Waals surface area contributed by atoms with Gasteiger partial charge in [-0.1, -0.05) is 42.5 Å². The summed E-state index contributed by atoms with van der Waals surface area (Å²) in [7, 11) is 2.09. The van der Waals surface area contributed by atoms with Crippen LogP contribution < -0.4 is 5.32 Å². The minimum Gasteiger partial charge on any atom is -0.324 e. The maximum absolute atomic E-state index is 12.7. The first-order valence-corrected chi connectivity index (χ1v) is 8.53. The summed E-state index contributed by atoms with van der Waals surface area (Å²) in [6, 6.07) is 16.3. The molecular weight excluding hydrogens is 314 g/mol. The van der Waals surface area contributed by atoms with Crippen molar-refractivity contribution in [2.45, 2.75) is 0 Å². The molecule has 1 amide bonds. The molecule has 130 valence electrons. The number of nitrogens with zero attached hydrogens (tertiary/aromatic N) is 2. The number of anilines is 1. The van der Waals surface area contributed by atoms with E-state index in [4.69, 9.17) is 0 Å². The number of para-hydroxylation sites is 1. The van der Waals surface area contributed by atoms with E-state index in [0.29, 0.717) is 23.4 Å². The van der Waals surface area contributed by atoms with Gasteiger partial charge in [0.15, 0.2) is 5.78 Å². The molecule has 2 aromatic rings. The summed E-state index contributed by atoms with van der Waals surface area (Å²) < 4.78 is 0. The summed E-state index contributed by atoms with van der Waals surface area (Å²) in [5.41, 5.74) is 1.69. The molecule has 0 aromatic heterocycles. The highest BCUT2D eigenvalue weighted by atomic mass is 16.2. The molecule has 1 N–H and O–H groups in total. The van der Waals surface area contributed by atoms with E-state index in [0.717, 1.165) is 26.2 Å². The Bertz CT molecular complexity index is 738. The van der Waals surface area contributed by atoms with Gasteiger partial charge in [-0.3, -0.25) is 14.5 Å². The predicted molar refractivity (Wildman–Crippen MR) is 98.9 cm³/mol.